The SMILES string of the molecule is CCCNC(Cc1ccsc1)c1ccc(F)cc1F. The highest BCUT2D eigenvalue weighted by molar-refractivity contribution is 7.07. The van der Waals surface area contributed by atoms with E-state index in [2.05, 4.69) is 17.6 Å². The Bertz CT molecular complexity index is 511. The summed E-state index contributed by atoms with van der Waals surface area (Å²) in [5.41, 5.74) is 1.70. The summed E-state index contributed by atoms with van der Waals surface area (Å²) in [4.78, 5) is 0. The smallest absolute Gasteiger partial charge is 0.130 e. The van der Waals surface area contributed by atoms with E-state index in [-0.39, 0.29) is 6.04 Å². The number of rotatable bonds is 6. The Labute approximate surface area is 116 Å². The van der Waals surface area contributed by atoms with Crippen LogP contribution in [0.3, 0.4) is 0 Å². The van der Waals surface area contributed by atoms with Crippen LogP contribution >= 0.6 is 11.3 Å². The third kappa shape index (κ3) is 3.85. The Balaban J connectivity index is 2.20. The van der Waals surface area contributed by atoms with E-state index in [9.17, 15) is 8.78 Å². The van der Waals surface area contributed by atoms with Gasteiger partial charge in [0.25, 0.3) is 0 Å². The molecule has 1 aromatic heterocycles. The summed E-state index contributed by atoms with van der Waals surface area (Å²) in [6, 6.07) is 5.71. The van der Waals surface area contributed by atoms with Crippen LogP contribution in [0.5, 0.6) is 0 Å². The van der Waals surface area contributed by atoms with Crippen molar-refractivity contribution in [2.75, 3.05) is 6.54 Å². The van der Waals surface area contributed by atoms with Crippen LogP contribution in [0.15, 0.2) is 35.0 Å². The zero-order chi connectivity index (χ0) is 13.7. The highest BCUT2D eigenvalue weighted by atomic mass is 32.1. The summed E-state index contributed by atoms with van der Waals surface area (Å²) in [6.07, 6.45) is 1.69. The Morgan fingerprint density at radius 3 is 2.74 bits per heavy atom. The number of hydrogen-bond acceptors (Lipinski definition) is 2. The van der Waals surface area contributed by atoms with Crippen LogP contribution in [-0.2, 0) is 6.42 Å². The Kier molecular flexibility index (Phi) is 5.05. The van der Waals surface area contributed by atoms with Crippen molar-refractivity contribution in [2.45, 2.75) is 25.8 Å². The van der Waals surface area contributed by atoms with Gasteiger partial charge >= 0.3 is 0 Å². The van der Waals surface area contributed by atoms with E-state index in [1.54, 1.807) is 11.3 Å². The van der Waals surface area contributed by atoms with Crippen LogP contribution in [-0.4, -0.2) is 6.54 Å². The average Bonchev–Trinajstić information content (AvgIpc) is 2.88. The summed E-state index contributed by atoms with van der Waals surface area (Å²) in [7, 11) is 0. The largest absolute Gasteiger partial charge is 0.310 e. The second-order valence-electron chi connectivity index (χ2n) is 4.51. The van der Waals surface area contributed by atoms with Gasteiger partial charge in [-0.1, -0.05) is 13.0 Å². The first-order chi connectivity index (χ1) is 9.20. The van der Waals surface area contributed by atoms with Gasteiger partial charge in [0, 0.05) is 17.7 Å². The van der Waals surface area contributed by atoms with Crippen molar-refractivity contribution in [1.82, 2.24) is 5.32 Å². The van der Waals surface area contributed by atoms with Gasteiger partial charge in [-0.05, 0) is 47.8 Å². The molecule has 2 aromatic rings. The van der Waals surface area contributed by atoms with E-state index in [4.69, 9.17) is 0 Å². The number of benzene rings is 1. The molecule has 4 heteroatoms. The zero-order valence-corrected chi connectivity index (χ0v) is 11.6. The van der Waals surface area contributed by atoms with E-state index in [1.165, 1.54) is 17.7 Å². The quantitative estimate of drug-likeness (QED) is 0.832. The van der Waals surface area contributed by atoms with Crippen LogP contribution < -0.4 is 5.32 Å². The minimum atomic E-state index is -0.536. The first-order valence-electron chi connectivity index (χ1n) is 6.40. The second kappa shape index (κ2) is 6.78. The molecule has 2 rings (SSSR count). The topological polar surface area (TPSA) is 12.0 Å². The average molecular weight is 281 g/mol. The minimum Gasteiger partial charge on any atom is -0.310 e. The first-order valence-corrected chi connectivity index (χ1v) is 7.34. The lowest BCUT2D eigenvalue weighted by atomic mass is 9.99. The lowest BCUT2D eigenvalue weighted by Crippen LogP contribution is -2.25. The fourth-order valence-corrected chi connectivity index (χ4v) is 2.72. The van der Waals surface area contributed by atoms with E-state index in [1.807, 2.05) is 11.4 Å². The van der Waals surface area contributed by atoms with Gasteiger partial charge < -0.3 is 5.32 Å². The molecular formula is C15H17F2NS. The molecular weight excluding hydrogens is 264 g/mol. The summed E-state index contributed by atoms with van der Waals surface area (Å²) >= 11 is 1.63. The lowest BCUT2D eigenvalue weighted by molar-refractivity contribution is 0.491. The molecule has 0 spiro atoms. The molecule has 1 unspecified atom stereocenters. The van der Waals surface area contributed by atoms with Gasteiger partial charge in [0.1, 0.15) is 11.6 Å². The van der Waals surface area contributed by atoms with Crippen molar-refractivity contribution in [3.8, 4) is 0 Å². The second-order valence-corrected chi connectivity index (χ2v) is 5.29. The number of halogens is 2. The van der Waals surface area contributed by atoms with Crippen LogP contribution in [0.25, 0.3) is 0 Å². The molecule has 1 heterocycles. The van der Waals surface area contributed by atoms with Gasteiger partial charge in [0.2, 0.25) is 0 Å². The van der Waals surface area contributed by atoms with Crippen LogP contribution in [0, 0.1) is 11.6 Å². The third-order valence-corrected chi connectivity index (χ3v) is 3.73. The van der Waals surface area contributed by atoms with Gasteiger partial charge in [-0.2, -0.15) is 11.3 Å². The van der Waals surface area contributed by atoms with Crippen LogP contribution in [0.2, 0.25) is 0 Å². The van der Waals surface area contributed by atoms with Crippen molar-refractivity contribution < 1.29 is 8.78 Å². The van der Waals surface area contributed by atoms with E-state index in [0.717, 1.165) is 19.0 Å². The molecule has 19 heavy (non-hydrogen) atoms. The van der Waals surface area contributed by atoms with Crippen molar-refractivity contribution in [3.63, 3.8) is 0 Å². The Morgan fingerprint density at radius 2 is 2.11 bits per heavy atom. The highest BCUT2D eigenvalue weighted by Gasteiger charge is 2.16. The van der Waals surface area contributed by atoms with Crippen LogP contribution in [0.1, 0.15) is 30.5 Å². The molecule has 0 radical (unpaired) electrons. The first kappa shape index (κ1) is 14.2. The molecule has 0 aliphatic heterocycles. The third-order valence-electron chi connectivity index (χ3n) is 3.00. The maximum atomic E-state index is 13.9. The van der Waals surface area contributed by atoms with Crippen molar-refractivity contribution in [2.24, 2.45) is 0 Å². The summed E-state index contributed by atoms with van der Waals surface area (Å²) in [5.74, 6) is -1.02. The molecule has 0 saturated heterocycles. The predicted octanol–water partition coefficient (Wildman–Crippen LogP) is 4.31. The van der Waals surface area contributed by atoms with E-state index < -0.39 is 11.6 Å². The van der Waals surface area contributed by atoms with E-state index >= 15 is 0 Å². The fraction of sp³-hybridized carbons (Fsp3) is 0.333. The lowest BCUT2D eigenvalue weighted by Gasteiger charge is -2.19. The van der Waals surface area contributed by atoms with Gasteiger partial charge in [-0.15, -0.1) is 0 Å². The number of nitrogens with one attached hydrogen (secondary N) is 1. The molecule has 1 N–H and O–H groups in total. The monoisotopic (exact) mass is 281 g/mol. The number of hydrogen-bond donors (Lipinski definition) is 1. The Hall–Kier alpha value is -1.26. The molecule has 1 nitrogen and oxygen atoms in total. The van der Waals surface area contributed by atoms with Gasteiger partial charge in [-0.3, -0.25) is 0 Å². The van der Waals surface area contributed by atoms with E-state index in [0.29, 0.717) is 12.0 Å². The summed E-state index contributed by atoms with van der Waals surface area (Å²) in [6.45, 7) is 2.88. The maximum Gasteiger partial charge on any atom is 0.130 e. The zero-order valence-electron chi connectivity index (χ0n) is 10.8. The summed E-state index contributed by atoms with van der Waals surface area (Å²) < 4.78 is 26.9. The molecule has 0 aliphatic carbocycles. The summed E-state index contributed by atoms with van der Waals surface area (Å²) in [5, 5.41) is 7.39. The minimum absolute atomic E-state index is 0.116. The molecule has 0 fully saturated rings. The molecule has 0 aliphatic rings. The molecule has 1 aromatic carbocycles. The molecule has 0 amide bonds. The van der Waals surface area contributed by atoms with Crippen LogP contribution in [0.4, 0.5) is 8.78 Å². The van der Waals surface area contributed by atoms with Gasteiger partial charge in [0.05, 0.1) is 0 Å². The van der Waals surface area contributed by atoms with Crippen molar-refractivity contribution >= 4 is 11.3 Å². The Morgan fingerprint density at radius 1 is 1.26 bits per heavy atom. The van der Waals surface area contributed by atoms with Gasteiger partial charge in [0.15, 0.2) is 0 Å². The molecule has 0 saturated carbocycles. The van der Waals surface area contributed by atoms with Crippen molar-refractivity contribution in [1.29, 1.82) is 0 Å². The predicted molar refractivity (Wildman–Crippen MR) is 75.4 cm³/mol. The molecule has 1 atom stereocenters. The highest BCUT2D eigenvalue weighted by Crippen LogP contribution is 2.23. The molecule has 0 bridgehead atoms. The normalized spacial score (nSPS) is 12.6. The maximum absolute atomic E-state index is 13.9. The standard InChI is InChI=1S/C15H17F2NS/c1-2-6-18-15(8-11-5-7-19-10-11)13-4-3-12(16)9-14(13)17/h3-5,7,9-10,15,18H,2,6,8H2,1H3. The van der Waals surface area contributed by atoms with Gasteiger partial charge in [-0.25, -0.2) is 8.78 Å². The van der Waals surface area contributed by atoms with Crippen molar-refractivity contribution in [3.05, 3.63) is 57.8 Å². The fourth-order valence-electron chi connectivity index (χ4n) is 2.04. The number of thiophene rings is 1. The molecule has 102 valence electrons.